The molecule has 2 N–H and O–H groups in total. The molecule has 3 rings (SSSR count). The molecular formula is C20H24N2O4S. The van der Waals surface area contributed by atoms with E-state index in [-0.39, 0.29) is 16.8 Å². The van der Waals surface area contributed by atoms with Crippen LogP contribution in [-0.4, -0.2) is 27.5 Å². The Morgan fingerprint density at radius 3 is 2.52 bits per heavy atom. The lowest BCUT2D eigenvalue weighted by Gasteiger charge is -2.13. The van der Waals surface area contributed by atoms with Gasteiger partial charge in [-0.3, -0.25) is 4.79 Å². The summed E-state index contributed by atoms with van der Waals surface area (Å²) in [7, 11) is -1.97. The summed E-state index contributed by atoms with van der Waals surface area (Å²) in [5.41, 5.74) is 3.05. The van der Waals surface area contributed by atoms with Crippen molar-refractivity contribution in [2.24, 2.45) is 0 Å². The number of hydrogen-bond acceptors (Lipinski definition) is 4. The van der Waals surface area contributed by atoms with Crippen molar-refractivity contribution < 1.29 is 17.9 Å². The Morgan fingerprint density at radius 2 is 1.85 bits per heavy atom. The fraction of sp³-hybridized carbons (Fsp3) is 0.350. The molecule has 1 aliphatic carbocycles. The lowest BCUT2D eigenvalue weighted by Crippen LogP contribution is -2.27. The van der Waals surface area contributed by atoms with Gasteiger partial charge >= 0.3 is 0 Å². The lowest BCUT2D eigenvalue weighted by molar-refractivity contribution is 0.0949. The van der Waals surface area contributed by atoms with Crippen LogP contribution >= 0.6 is 0 Å². The van der Waals surface area contributed by atoms with Crippen molar-refractivity contribution in [1.29, 1.82) is 0 Å². The summed E-state index contributed by atoms with van der Waals surface area (Å²) in [6, 6.07) is 12.4. The number of benzene rings is 2. The van der Waals surface area contributed by atoms with Gasteiger partial charge in [0.15, 0.2) is 0 Å². The number of ether oxygens (including phenoxy) is 1. The predicted molar refractivity (Wildman–Crippen MR) is 103 cm³/mol. The second-order valence-corrected chi connectivity index (χ2v) is 8.47. The maximum atomic E-state index is 12.7. The van der Waals surface area contributed by atoms with Crippen molar-refractivity contribution in [3.63, 3.8) is 0 Å². The maximum Gasteiger partial charge on any atom is 0.251 e. The summed E-state index contributed by atoms with van der Waals surface area (Å²) in [5.74, 6) is -0.303. The molecule has 0 radical (unpaired) electrons. The largest absolute Gasteiger partial charge is 0.380 e. The van der Waals surface area contributed by atoms with Gasteiger partial charge in [0.25, 0.3) is 5.91 Å². The van der Waals surface area contributed by atoms with Crippen LogP contribution in [0, 0.1) is 6.92 Å². The van der Waals surface area contributed by atoms with E-state index in [4.69, 9.17) is 4.74 Å². The van der Waals surface area contributed by atoms with Crippen LogP contribution in [0.5, 0.6) is 0 Å². The van der Waals surface area contributed by atoms with Crippen LogP contribution in [0.1, 0.15) is 39.9 Å². The van der Waals surface area contributed by atoms with E-state index in [9.17, 15) is 13.2 Å². The average Bonchev–Trinajstić information content (AvgIpc) is 3.44. The number of methoxy groups -OCH3 is 1. The smallest absolute Gasteiger partial charge is 0.251 e. The lowest BCUT2D eigenvalue weighted by atomic mass is 10.1. The molecule has 0 saturated heterocycles. The Bertz CT molecular complexity index is 937. The van der Waals surface area contributed by atoms with Crippen LogP contribution in [0.2, 0.25) is 0 Å². The van der Waals surface area contributed by atoms with Gasteiger partial charge in [-0.25, -0.2) is 13.1 Å². The summed E-state index contributed by atoms with van der Waals surface area (Å²) < 4.78 is 32.6. The molecule has 0 atom stereocenters. The second kappa shape index (κ2) is 8.21. The first-order valence-corrected chi connectivity index (χ1v) is 10.4. The molecule has 6 nitrogen and oxygen atoms in total. The molecule has 0 aromatic heterocycles. The van der Waals surface area contributed by atoms with E-state index < -0.39 is 10.0 Å². The van der Waals surface area contributed by atoms with Gasteiger partial charge in [0.05, 0.1) is 11.5 Å². The molecule has 1 fully saturated rings. The monoisotopic (exact) mass is 388 g/mol. The predicted octanol–water partition coefficient (Wildman–Crippen LogP) is 2.51. The maximum absolute atomic E-state index is 12.7. The van der Waals surface area contributed by atoms with E-state index in [0.29, 0.717) is 18.7 Å². The highest BCUT2D eigenvalue weighted by atomic mass is 32.2. The van der Waals surface area contributed by atoms with Gasteiger partial charge in [0.2, 0.25) is 10.0 Å². The highest BCUT2D eigenvalue weighted by Crippen LogP contribution is 2.23. The first-order valence-electron chi connectivity index (χ1n) is 8.87. The molecule has 27 heavy (non-hydrogen) atoms. The van der Waals surface area contributed by atoms with Crippen LogP contribution in [0.25, 0.3) is 0 Å². The van der Waals surface area contributed by atoms with Gasteiger partial charge in [0, 0.05) is 25.3 Å². The number of hydrogen-bond donors (Lipinski definition) is 2. The number of sulfonamides is 1. The van der Waals surface area contributed by atoms with Gasteiger partial charge in [-0.15, -0.1) is 0 Å². The van der Waals surface area contributed by atoms with Gasteiger partial charge in [0.1, 0.15) is 0 Å². The first kappa shape index (κ1) is 19.5. The molecule has 0 aliphatic heterocycles. The van der Waals surface area contributed by atoms with E-state index in [1.807, 2.05) is 24.3 Å². The second-order valence-electron chi connectivity index (χ2n) is 6.76. The average molecular weight is 388 g/mol. The molecule has 1 aliphatic rings. The summed E-state index contributed by atoms with van der Waals surface area (Å²) >= 11 is 0. The molecule has 1 amide bonds. The highest BCUT2D eigenvalue weighted by Gasteiger charge is 2.28. The van der Waals surface area contributed by atoms with E-state index >= 15 is 0 Å². The van der Waals surface area contributed by atoms with Crippen molar-refractivity contribution in [1.82, 2.24) is 10.0 Å². The van der Waals surface area contributed by atoms with Crippen LogP contribution in [0.3, 0.4) is 0 Å². The third-order valence-corrected chi connectivity index (χ3v) is 6.04. The number of amides is 1. The molecule has 7 heteroatoms. The minimum absolute atomic E-state index is 0.0193. The molecule has 0 bridgehead atoms. The van der Waals surface area contributed by atoms with Crippen molar-refractivity contribution in [2.45, 2.75) is 43.9 Å². The SMILES string of the molecule is COCc1ccccc1CNC(=O)c1cc(S(=O)(=O)NC2CC2)ccc1C. The molecule has 0 spiro atoms. The standard InChI is InChI=1S/C20H24N2O4S/c1-14-7-10-18(27(24,25)22-17-8-9-17)11-19(14)20(23)21-12-15-5-3-4-6-16(15)13-26-2/h3-7,10-11,17,22H,8-9,12-13H2,1-2H3,(H,21,23). The fourth-order valence-corrected chi connectivity index (χ4v) is 4.13. The number of rotatable bonds is 8. The molecule has 2 aromatic rings. The van der Waals surface area contributed by atoms with E-state index in [1.54, 1.807) is 20.1 Å². The minimum atomic E-state index is -3.60. The summed E-state index contributed by atoms with van der Waals surface area (Å²) in [5, 5.41) is 2.88. The Hall–Kier alpha value is -2.22. The van der Waals surface area contributed by atoms with Gasteiger partial charge in [-0.05, 0) is 48.6 Å². The van der Waals surface area contributed by atoms with Crippen molar-refractivity contribution in [3.05, 3.63) is 64.7 Å². The quantitative estimate of drug-likeness (QED) is 0.728. The van der Waals surface area contributed by atoms with Crippen molar-refractivity contribution in [3.8, 4) is 0 Å². The number of carbonyl (C=O) groups excluding carboxylic acids is 1. The molecule has 144 valence electrons. The van der Waals surface area contributed by atoms with E-state index in [2.05, 4.69) is 10.0 Å². The zero-order valence-corrected chi connectivity index (χ0v) is 16.3. The topological polar surface area (TPSA) is 84.5 Å². The zero-order valence-electron chi connectivity index (χ0n) is 15.5. The normalized spacial score (nSPS) is 14.1. The van der Waals surface area contributed by atoms with Crippen LogP contribution < -0.4 is 10.0 Å². The molecule has 2 aromatic carbocycles. The minimum Gasteiger partial charge on any atom is -0.380 e. The first-order chi connectivity index (χ1) is 12.9. The molecular weight excluding hydrogens is 364 g/mol. The third kappa shape index (κ3) is 4.94. The summed E-state index contributed by atoms with van der Waals surface area (Å²) in [6.07, 6.45) is 1.72. The van der Waals surface area contributed by atoms with E-state index in [0.717, 1.165) is 29.5 Å². The number of nitrogens with one attached hydrogen (secondary N) is 2. The summed E-state index contributed by atoms with van der Waals surface area (Å²) in [6.45, 7) is 2.60. The Balaban J connectivity index is 1.75. The number of aryl methyl sites for hydroxylation is 1. The summed E-state index contributed by atoms with van der Waals surface area (Å²) in [4.78, 5) is 12.8. The molecule has 1 saturated carbocycles. The highest BCUT2D eigenvalue weighted by molar-refractivity contribution is 7.89. The Kier molecular flexibility index (Phi) is 5.94. The van der Waals surface area contributed by atoms with Gasteiger partial charge in [-0.1, -0.05) is 30.3 Å². The molecule has 0 heterocycles. The van der Waals surface area contributed by atoms with Crippen LogP contribution in [-0.2, 0) is 27.9 Å². The molecule has 0 unspecified atom stereocenters. The van der Waals surface area contributed by atoms with Crippen molar-refractivity contribution >= 4 is 15.9 Å². The van der Waals surface area contributed by atoms with Crippen LogP contribution in [0.4, 0.5) is 0 Å². The third-order valence-electron chi connectivity index (χ3n) is 4.52. The Labute approximate surface area is 160 Å². The fourth-order valence-electron chi connectivity index (χ4n) is 2.80. The number of carbonyl (C=O) groups is 1. The van der Waals surface area contributed by atoms with Crippen LogP contribution in [0.15, 0.2) is 47.4 Å². The van der Waals surface area contributed by atoms with Crippen molar-refractivity contribution in [2.75, 3.05) is 7.11 Å². The van der Waals surface area contributed by atoms with Gasteiger partial charge < -0.3 is 10.1 Å². The zero-order chi connectivity index (χ0) is 19.4. The van der Waals surface area contributed by atoms with E-state index in [1.165, 1.54) is 12.1 Å². The Morgan fingerprint density at radius 1 is 1.15 bits per heavy atom. The van der Waals surface area contributed by atoms with Gasteiger partial charge in [-0.2, -0.15) is 0 Å².